The third-order valence-electron chi connectivity index (χ3n) is 4.13. The Kier molecular flexibility index (Phi) is 3.90. The van der Waals surface area contributed by atoms with E-state index in [4.69, 9.17) is 5.73 Å². The average Bonchev–Trinajstić information content (AvgIpc) is 2.72. The predicted octanol–water partition coefficient (Wildman–Crippen LogP) is 4.51. The molecule has 0 radical (unpaired) electrons. The molecular formula is C17H20FNS. The number of fused-ring (bicyclic) bond motifs is 1. The molecule has 106 valence electrons. The van der Waals surface area contributed by atoms with Crippen molar-refractivity contribution in [1.82, 2.24) is 0 Å². The Bertz CT molecular complexity index is 594. The lowest BCUT2D eigenvalue weighted by Crippen LogP contribution is -2.10. The molecule has 0 fully saturated rings. The van der Waals surface area contributed by atoms with Gasteiger partial charge in [-0.15, -0.1) is 11.3 Å². The van der Waals surface area contributed by atoms with Gasteiger partial charge in [-0.25, -0.2) is 4.39 Å². The third kappa shape index (κ3) is 2.65. The Labute approximate surface area is 123 Å². The maximum Gasteiger partial charge on any atom is 0.126 e. The first-order chi connectivity index (χ1) is 9.65. The van der Waals surface area contributed by atoms with Crippen LogP contribution in [0, 0.1) is 12.7 Å². The molecule has 3 rings (SSSR count). The van der Waals surface area contributed by atoms with Crippen LogP contribution in [0.4, 0.5) is 4.39 Å². The van der Waals surface area contributed by atoms with Crippen LogP contribution in [-0.2, 0) is 12.8 Å². The predicted molar refractivity (Wildman–Crippen MR) is 82.7 cm³/mol. The molecule has 20 heavy (non-hydrogen) atoms. The molecule has 1 unspecified atom stereocenters. The van der Waals surface area contributed by atoms with Crippen molar-refractivity contribution in [2.75, 3.05) is 0 Å². The molecule has 0 saturated carbocycles. The lowest BCUT2D eigenvalue weighted by molar-refractivity contribution is 0.614. The van der Waals surface area contributed by atoms with Crippen LogP contribution in [-0.4, -0.2) is 0 Å². The van der Waals surface area contributed by atoms with E-state index in [1.54, 1.807) is 13.0 Å². The monoisotopic (exact) mass is 289 g/mol. The summed E-state index contributed by atoms with van der Waals surface area (Å²) in [6, 6.07) is 7.36. The van der Waals surface area contributed by atoms with E-state index in [0.717, 1.165) is 5.56 Å². The van der Waals surface area contributed by atoms with Crippen LogP contribution < -0.4 is 5.73 Å². The first-order valence-electron chi connectivity index (χ1n) is 7.28. The molecule has 1 heterocycles. The van der Waals surface area contributed by atoms with Crippen molar-refractivity contribution in [2.24, 2.45) is 5.73 Å². The summed E-state index contributed by atoms with van der Waals surface area (Å²) in [6.45, 7) is 1.78. The summed E-state index contributed by atoms with van der Waals surface area (Å²) in [5, 5.41) is 0. The third-order valence-corrected chi connectivity index (χ3v) is 5.45. The number of hydrogen-bond donors (Lipinski definition) is 1. The average molecular weight is 289 g/mol. The van der Waals surface area contributed by atoms with Crippen LogP contribution >= 0.6 is 11.3 Å². The number of aryl methyl sites for hydroxylation is 3. The number of thiophene rings is 1. The van der Waals surface area contributed by atoms with Crippen LogP contribution in [0.1, 0.15) is 51.7 Å². The van der Waals surface area contributed by atoms with E-state index < -0.39 is 0 Å². The molecular weight excluding hydrogens is 269 g/mol. The smallest absolute Gasteiger partial charge is 0.126 e. The fourth-order valence-corrected chi connectivity index (χ4v) is 4.10. The molecule has 0 amide bonds. The van der Waals surface area contributed by atoms with Gasteiger partial charge in [-0.2, -0.15) is 0 Å². The van der Waals surface area contributed by atoms with Crippen LogP contribution in [0.3, 0.4) is 0 Å². The molecule has 1 aliphatic carbocycles. The van der Waals surface area contributed by atoms with Gasteiger partial charge in [0.1, 0.15) is 5.82 Å². The van der Waals surface area contributed by atoms with Gasteiger partial charge in [0.15, 0.2) is 0 Å². The highest BCUT2D eigenvalue weighted by Crippen LogP contribution is 2.34. The van der Waals surface area contributed by atoms with E-state index in [0.29, 0.717) is 5.56 Å². The van der Waals surface area contributed by atoms with Gasteiger partial charge in [0, 0.05) is 9.75 Å². The summed E-state index contributed by atoms with van der Waals surface area (Å²) in [5.74, 6) is -0.170. The molecule has 1 aliphatic rings. The van der Waals surface area contributed by atoms with E-state index in [-0.39, 0.29) is 11.9 Å². The molecule has 0 bridgehead atoms. The minimum atomic E-state index is -0.206. The summed E-state index contributed by atoms with van der Waals surface area (Å²) in [5.41, 5.74) is 9.33. The molecule has 1 nitrogen and oxygen atoms in total. The molecule has 0 saturated heterocycles. The number of hydrogen-bond acceptors (Lipinski definition) is 2. The summed E-state index contributed by atoms with van der Waals surface area (Å²) in [7, 11) is 0. The molecule has 1 atom stereocenters. The van der Waals surface area contributed by atoms with E-state index >= 15 is 0 Å². The molecule has 0 spiro atoms. The van der Waals surface area contributed by atoms with E-state index in [2.05, 4.69) is 6.07 Å². The fraction of sp³-hybridized carbons (Fsp3) is 0.412. The van der Waals surface area contributed by atoms with Gasteiger partial charge < -0.3 is 5.73 Å². The molecule has 2 aromatic rings. The quantitative estimate of drug-likeness (QED) is 0.809. The minimum absolute atomic E-state index is 0.170. The summed E-state index contributed by atoms with van der Waals surface area (Å²) >= 11 is 1.81. The Balaban J connectivity index is 1.90. The zero-order valence-corrected chi connectivity index (χ0v) is 12.6. The highest BCUT2D eigenvalue weighted by Gasteiger charge is 2.17. The number of nitrogens with two attached hydrogens (primary N) is 1. The Morgan fingerprint density at radius 1 is 1.15 bits per heavy atom. The first-order valence-corrected chi connectivity index (χ1v) is 8.10. The van der Waals surface area contributed by atoms with Crippen LogP contribution in [0.15, 0.2) is 24.3 Å². The van der Waals surface area contributed by atoms with Gasteiger partial charge >= 0.3 is 0 Å². The maximum absolute atomic E-state index is 13.7. The Morgan fingerprint density at radius 2 is 1.95 bits per heavy atom. The Morgan fingerprint density at radius 3 is 2.75 bits per heavy atom. The lowest BCUT2D eigenvalue weighted by Gasteiger charge is -2.11. The molecule has 2 N–H and O–H groups in total. The number of rotatable bonds is 2. The van der Waals surface area contributed by atoms with Gasteiger partial charge in [-0.1, -0.05) is 18.6 Å². The molecule has 3 heteroatoms. The van der Waals surface area contributed by atoms with Crippen molar-refractivity contribution < 1.29 is 4.39 Å². The van der Waals surface area contributed by atoms with Crippen LogP contribution in [0.25, 0.3) is 0 Å². The molecule has 0 aliphatic heterocycles. The second-order valence-electron chi connectivity index (χ2n) is 5.64. The van der Waals surface area contributed by atoms with E-state index in [1.807, 2.05) is 23.5 Å². The Hall–Kier alpha value is -1.19. The van der Waals surface area contributed by atoms with Crippen molar-refractivity contribution in [1.29, 1.82) is 0 Å². The largest absolute Gasteiger partial charge is 0.320 e. The van der Waals surface area contributed by atoms with Gasteiger partial charge in [-0.3, -0.25) is 0 Å². The first kappa shape index (κ1) is 13.8. The van der Waals surface area contributed by atoms with E-state index in [1.165, 1.54) is 47.4 Å². The fourth-order valence-electron chi connectivity index (χ4n) is 2.81. The van der Waals surface area contributed by atoms with Crippen LogP contribution in [0.5, 0.6) is 0 Å². The highest BCUT2D eigenvalue weighted by molar-refractivity contribution is 7.12. The second-order valence-corrected chi connectivity index (χ2v) is 6.81. The van der Waals surface area contributed by atoms with Gasteiger partial charge in [0.05, 0.1) is 6.04 Å². The highest BCUT2D eigenvalue weighted by atomic mass is 32.1. The second kappa shape index (κ2) is 5.66. The van der Waals surface area contributed by atoms with Gasteiger partial charge in [0.25, 0.3) is 0 Å². The summed E-state index contributed by atoms with van der Waals surface area (Å²) in [4.78, 5) is 2.65. The van der Waals surface area contributed by atoms with E-state index in [9.17, 15) is 4.39 Å². The minimum Gasteiger partial charge on any atom is -0.320 e. The zero-order chi connectivity index (χ0) is 14.1. The van der Waals surface area contributed by atoms with Crippen molar-refractivity contribution >= 4 is 11.3 Å². The normalized spacial score (nSPS) is 16.6. The van der Waals surface area contributed by atoms with Crippen molar-refractivity contribution in [3.63, 3.8) is 0 Å². The number of halogens is 1. The summed E-state index contributed by atoms with van der Waals surface area (Å²) in [6.07, 6.45) is 6.22. The summed E-state index contributed by atoms with van der Waals surface area (Å²) < 4.78 is 13.7. The van der Waals surface area contributed by atoms with Gasteiger partial charge in [0.2, 0.25) is 0 Å². The molecule has 1 aromatic carbocycles. The maximum atomic E-state index is 13.7. The van der Waals surface area contributed by atoms with Crippen molar-refractivity contribution in [2.45, 2.75) is 45.1 Å². The number of benzene rings is 1. The zero-order valence-electron chi connectivity index (χ0n) is 11.8. The van der Waals surface area contributed by atoms with Crippen LogP contribution in [0.2, 0.25) is 0 Å². The SMILES string of the molecule is Cc1ccc(C(N)c2cc3c(s2)CCCCC3)cc1F. The van der Waals surface area contributed by atoms with Crippen molar-refractivity contribution in [3.05, 3.63) is 56.5 Å². The van der Waals surface area contributed by atoms with Crippen molar-refractivity contribution in [3.8, 4) is 0 Å². The lowest BCUT2D eigenvalue weighted by atomic mass is 10.0. The topological polar surface area (TPSA) is 26.0 Å². The van der Waals surface area contributed by atoms with Gasteiger partial charge in [-0.05, 0) is 61.4 Å². The standard InChI is InChI=1S/C17H20FNS/c1-11-7-8-13(9-14(11)18)17(19)16-10-12-5-3-2-4-6-15(12)20-16/h7-10,17H,2-6,19H2,1H3. The molecule has 1 aromatic heterocycles.